The fraction of sp³-hybridized carbons (Fsp3) is 0.235. The average Bonchev–Trinajstić information content (AvgIpc) is 2.52. The molecule has 2 aromatic rings. The van der Waals surface area contributed by atoms with Crippen molar-refractivity contribution in [2.45, 2.75) is 19.9 Å². The van der Waals surface area contributed by atoms with Gasteiger partial charge in [-0.05, 0) is 31.0 Å². The smallest absolute Gasteiger partial charge is 0.269 e. The number of aryl methyl sites for hydroxylation is 1. The van der Waals surface area contributed by atoms with Crippen molar-refractivity contribution in [3.8, 4) is 6.07 Å². The molecule has 22 heavy (non-hydrogen) atoms. The van der Waals surface area contributed by atoms with E-state index in [4.69, 9.17) is 5.26 Å². The Bertz CT molecular complexity index is 758. The second kappa shape index (κ2) is 7.23. The molecule has 0 fully saturated rings. The topological polar surface area (TPSA) is 74.9 Å². The summed E-state index contributed by atoms with van der Waals surface area (Å²) in [5, 5.41) is 11.7. The minimum atomic E-state index is -0.430. The van der Waals surface area contributed by atoms with Crippen LogP contribution in [0.5, 0.6) is 0 Å². The Kier molecular flexibility index (Phi) is 5.10. The van der Waals surface area contributed by atoms with Crippen LogP contribution in [0.15, 0.2) is 47.3 Å². The van der Waals surface area contributed by atoms with Crippen LogP contribution < -0.4 is 10.9 Å². The summed E-state index contributed by atoms with van der Waals surface area (Å²) < 4.78 is 1.32. The minimum absolute atomic E-state index is 0.0442. The van der Waals surface area contributed by atoms with E-state index >= 15 is 0 Å². The van der Waals surface area contributed by atoms with Crippen molar-refractivity contribution in [1.29, 1.82) is 5.26 Å². The molecule has 0 saturated carbocycles. The predicted octanol–water partition coefficient (Wildman–Crippen LogP) is 1.39. The number of hydrogen-bond acceptors (Lipinski definition) is 3. The summed E-state index contributed by atoms with van der Waals surface area (Å²) in [5.74, 6) is -0.240. The Hall–Kier alpha value is -2.87. The molecule has 0 spiro atoms. The number of carbonyl (C=O) groups is 1. The van der Waals surface area contributed by atoms with E-state index in [0.29, 0.717) is 12.2 Å². The van der Waals surface area contributed by atoms with Gasteiger partial charge in [-0.25, -0.2) is 0 Å². The zero-order valence-electron chi connectivity index (χ0n) is 12.4. The number of carbonyl (C=O) groups excluding carboxylic acids is 1. The van der Waals surface area contributed by atoms with Crippen LogP contribution in [-0.4, -0.2) is 17.0 Å². The van der Waals surface area contributed by atoms with Crippen molar-refractivity contribution in [2.24, 2.45) is 0 Å². The van der Waals surface area contributed by atoms with Gasteiger partial charge in [0.2, 0.25) is 5.91 Å². The molecule has 1 amide bonds. The SMILES string of the molecule is Cc1ccc(C#N)c(=O)n1CC(=O)NCCc1ccccc1. The summed E-state index contributed by atoms with van der Waals surface area (Å²) in [6.45, 7) is 2.17. The van der Waals surface area contributed by atoms with Crippen LogP contribution >= 0.6 is 0 Å². The summed E-state index contributed by atoms with van der Waals surface area (Å²) >= 11 is 0. The van der Waals surface area contributed by atoms with E-state index in [-0.39, 0.29) is 18.0 Å². The van der Waals surface area contributed by atoms with Gasteiger partial charge in [-0.15, -0.1) is 0 Å². The monoisotopic (exact) mass is 295 g/mol. The fourth-order valence-corrected chi connectivity index (χ4v) is 2.14. The highest BCUT2D eigenvalue weighted by Gasteiger charge is 2.09. The van der Waals surface area contributed by atoms with E-state index in [9.17, 15) is 9.59 Å². The zero-order chi connectivity index (χ0) is 15.9. The number of aromatic nitrogens is 1. The summed E-state index contributed by atoms with van der Waals surface area (Å²) in [5.41, 5.74) is 1.41. The van der Waals surface area contributed by atoms with Crippen molar-refractivity contribution < 1.29 is 4.79 Å². The molecule has 0 saturated heterocycles. The van der Waals surface area contributed by atoms with Gasteiger partial charge in [0, 0.05) is 12.2 Å². The molecule has 0 unspecified atom stereocenters. The van der Waals surface area contributed by atoms with Gasteiger partial charge in [0.25, 0.3) is 5.56 Å². The second-order valence-corrected chi connectivity index (χ2v) is 4.98. The van der Waals surface area contributed by atoms with Crippen LogP contribution in [0.4, 0.5) is 0 Å². The van der Waals surface area contributed by atoms with Crippen LogP contribution in [-0.2, 0) is 17.8 Å². The third-order valence-corrected chi connectivity index (χ3v) is 3.39. The number of pyridine rings is 1. The summed E-state index contributed by atoms with van der Waals surface area (Å²) in [6.07, 6.45) is 0.735. The quantitative estimate of drug-likeness (QED) is 0.905. The number of nitrogens with zero attached hydrogens (tertiary/aromatic N) is 2. The van der Waals surface area contributed by atoms with E-state index in [1.807, 2.05) is 36.4 Å². The lowest BCUT2D eigenvalue weighted by Crippen LogP contribution is -2.35. The molecule has 1 heterocycles. The van der Waals surface area contributed by atoms with Crippen LogP contribution in [0, 0.1) is 18.3 Å². The molecule has 0 aliphatic heterocycles. The molecule has 0 atom stereocenters. The normalized spacial score (nSPS) is 10.0. The molecule has 5 nitrogen and oxygen atoms in total. The molecular weight excluding hydrogens is 278 g/mol. The third-order valence-electron chi connectivity index (χ3n) is 3.39. The number of benzene rings is 1. The van der Waals surface area contributed by atoms with Gasteiger partial charge in [-0.2, -0.15) is 5.26 Å². The number of nitrogens with one attached hydrogen (secondary N) is 1. The van der Waals surface area contributed by atoms with E-state index in [1.165, 1.54) is 10.6 Å². The first kappa shape index (κ1) is 15.5. The summed E-state index contributed by atoms with van der Waals surface area (Å²) in [7, 11) is 0. The Morgan fingerprint density at radius 1 is 1.23 bits per heavy atom. The van der Waals surface area contributed by atoms with Crippen LogP contribution in [0.3, 0.4) is 0 Å². The fourth-order valence-electron chi connectivity index (χ4n) is 2.14. The van der Waals surface area contributed by atoms with E-state index in [0.717, 1.165) is 12.0 Å². The lowest BCUT2D eigenvalue weighted by molar-refractivity contribution is -0.121. The second-order valence-electron chi connectivity index (χ2n) is 4.98. The maximum atomic E-state index is 12.0. The molecule has 1 N–H and O–H groups in total. The first-order valence-corrected chi connectivity index (χ1v) is 7.03. The number of amides is 1. The van der Waals surface area contributed by atoms with Gasteiger partial charge in [0.1, 0.15) is 18.2 Å². The molecule has 0 radical (unpaired) electrons. The van der Waals surface area contributed by atoms with Crippen LogP contribution in [0.2, 0.25) is 0 Å². The number of nitriles is 1. The maximum Gasteiger partial charge on any atom is 0.269 e. The van der Waals surface area contributed by atoms with Crippen molar-refractivity contribution in [3.05, 3.63) is 69.6 Å². The maximum absolute atomic E-state index is 12.0. The van der Waals surface area contributed by atoms with Crippen LogP contribution in [0.25, 0.3) is 0 Å². The first-order valence-electron chi connectivity index (χ1n) is 7.03. The van der Waals surface area contributed by atoms with Crippen LogP contribution in [0.1, 0.15) is 16.8 Å². The van der Waals surface area contributed by atoms with Crippen molar-refractivity contribution in [2.75, 3.05) is 6.54 Å². The summed E-state index contributed by atoms with van der Waals surface area (Å²) in [6, 6.07) is 14.8. The van der Waals surface area contributed by atoms with Gasteiger partial charge in [0.05, 0.1) is 0 Å². The molecule has 0 aliphatic carbocycles. The number of hydrogen-bond donors (Lipinski definition) is 1. The molecule has 5 heteroatoms. The average molecular weight is 295 g/mol. The van der Waals surface area contributed by atoms with Gasteiger partial charge in [-0.1, -0.05) is 30.3 Å². The molecule has 1 aromatic heterocycles. The Balaban J connectivity index is 1.96. The Labute approximate surface area is 128 Å². The van der Waals surface area contributed by atoms with Gasteiger partial charge in [-0.3, -0.25) is 9.59 Å². The molecule has 1 aromatic carbocycles. The number of rotatable bonds is 5. The van der Waals surface area contributed by atoms with E-state index in [1.54, 1.807) is 13.0 Å². The third kappa shape index (κ3) is 3.83. The first-order chi connectivity index (χ1) is 10.6. The van der Waals surface area contributed by atoms with E-state index in [2.05, 4.69) is 5.32 Å². The molecule has 0 bridgehead atoms. The molecular formula is C17H17N3O2. The molecule has 112 valence electrons. The Morgan fingerprint density at radius 3 is 2.64 bits per heavy atom. The highest BCUT2D eigenvalue weighted by molar-refractivity contribution is 5.75. The standard InChI is InChI=1S/C17H17N3O2/c1-13-7-8-15(11-18)17(22)20(13)12-16(21)19-10-9-14-5-3-2-4-6-14/h2-8H,9-10,12H2,1H3,(H,19,21). The predicted molar refractivity (Wildman–Crippen MR) is 83.3 cm³/mol. The van der Waals surface area contributed by atoms with Gasteiger partial charge < -0.3 is 9.88 Å². The van der Waals surface area contributed by atoms with Crippen molar-refractivity contribution >= 4 is 5.91 Å². The molecule has 0 aliphatic rings. The molecule has 2 rings (SSSR count). The van der Waals surface area contributed by atoms with Crippen molar-refractivity contribution in [1.82, 2.24) is 9.88 Å². The highest BCUT2D eigenvalue weighted by Crippen LogP contribution is 1.99. The van der Waals surface area contributed by atoms with Gasteiger partial charge in [0.15, 0.2) is 0 Å². The highest BCUT2D eigenvalue weighted by atomic mass is 16.2. The van der Waals surface area contributed by atoms with Crippen molar-refractivity contribution in [3.63, 3.8) is 0 Å². The van der Waals surface area contributed by atoms with E-state index < -0.39 is 5.56 Å². The largest absolute Gasteiger partial charge is 0.354 e. The Morgan fingerprint density at radius 2 is 1.95 bits per heavy atom. The van der Waals surface area contributed by atoms with Gasteiger partial charge >= 0.3 is 0 Å². The lowest BCUT2D eigenvalue weighted by Gasteiger charge is -2.10. The lowest BCUT2D eigenvalue weighted by atomic mass is 10.1. The minimum Gasteiger partial charge on any atom is -0.354 e. The zero-order valence-corrected chi connectivity index (χ0v) is 12.4. The summed E-state index contributed by atoms with van der Waals surface area (Å²) in [4.78, 5) is 24.0.